The van der Waals surface area contributed by atoms with E-state index in [9.17, 15) is 4.79 Å². The number of hydrogen-bond acceptors (Lipinski definition) is 4. The predicted octanol–water partition coefficient (Wildman–Crippen LogP) is 4.94. The lowest BCUT2D eigenvalue weighted by atomic mass is 9.82. The molecule has 0 radical (unpaired) electrons. The molecule has 4 heterocycles. The Morgan fingerprint density at radius 3 is 2.68 bits per heavy atom. The van der Waals surface area contributed by atoms with Gasteiger partial charge in [0.15, 0.2) is 0 Å². The molecule has 3 atom stereocenters. The van der Waals surface area contributed by atoms with Crippen molar-refractivity contribution in [3.05, 3.63) is 80.7 Å². The molecular formula is C23H24N2OS2. The predicted molar refractivity (Wildman–Crippen MR) is 116 cm³/mol. The molecule has 2 saturated heterocycles. The smallest absolute Gasteiger partial charge is 0.254 e. The van der Waals surface area contributed by atoms with Crippen LogP contribution in [0.15, 0.2) is 64.7 Å². The van der Waals surface area contributed by atoms with Crippen molar-refractivity contribution in [1.29, 1.82) is 0 Å². The van der Waals surface area contributed by atoms with Crippen LogP contribution >= 0.6 is 22.7 Å². The third-order valence-corrected chi connectivity index (χ3v) is 7.79. The van der Waals surface area contributed by atoms with Crippen molar-refractivity contribution in [3.63, 3.8) is 0 Å². The van der Waals surface area contributed by atoms with Gasteiger partial charge in [-0.05, 0) is 52.4 Å². The molecule has 2 aliphatic rings. The fraction of sp³-hybridized carbons (Fsp3) is 0.348. The SMILES string of the molecule is O=C(c1ccccc1)N1C[C@H](c2ccsc2)[C@H]2CN(Cc3cccs3)CC[C@H]21. The Hall–Kier alpha value is -1.95. The van der Waals surface area contributed by atoms with Gasteiger partial charge in [0.05, 0.1) is 0 Å². The summed E-state index contributed by atoms with van der Waals surface area (Å²) >= 11 is 3.60. The summed E-state index contributed by atoms with van der Waals surface area (Å²) in [5.41, 5.74) is 2.22. The monoisotopic (exact) mass is 408 g/mol. The van der Waals surface area contributed by atoms with E-state index in [1.54, 1.807) is 11.3 Å². The highest BCUT2D eigenvalue weighted by atomic mass is 32.1. The summed E-state index contributed by atoms with van der Waals surface area (Å²) < 4.78 is 0. The van der Waals surface area contributed by atoms with Crippen LogP contribution in [0.1, 0.15) is 33.1 Å². The second-order valence-electron chi connectivity index (χ2n) is 7.82. The molecule has 3 aromatic rings. The van der Waals surface area contributed by atoms with Crippen LogP contribution in [0.25, 0.3) is 0 Å². The van der Waals surface area contributed by atoms with Crippen molar-refractivity contribution in [2.45, 2.75) is 24.9 Å². The quantitative estimate of drug-likeness (QED) is 0.610. The van der Waals surface area contributed by atoms with Gasteiger partial charge < -0.3 is 4.90 Å². The summed E-state index contributed by atoms with van der Waals surface area (Å²) in [7, 11) is 0. The van der Waals surface area contributed by atoms with E-state index in [1.807, 2.05) is 41.7 Å². The highest BCUT2D eigenvalue weighted by Crippen LogP contribution is 2.43. The maximum Gasteiger partial charge on any atom is 0.254 e. The van der Waals surface area contributed by atoms with Crippen molar-refractivity contribution in [1.82, 2.24) is 9.80 Å². The Bertz CT molecular complexity index is 908. The maximum atomic E-state index is 13.3. The van der Waals surface area contributed by atoms with Crippen LogP contribution < -0.4 is 0 Å². The van der Waals surface area contributed by atoms with E-state index < -0.39 is 0 Å². The number of nitrogens with zero attached hydrogens (tertiary/aromatic N) is 2. The molecule has 5 heteroatoms. The molecule has 1 amide bonds. The molecule has 2 aromatic heterocycles. The Morgan fingerprint density at radius 1 is 1.04 bits per heavy atom. The number of amides is 1. The van der Waals surface area contributed by atoms with Crippen LogP contribution in [-0.4, -0.2) is 41.4 Å². The van der Waals surface area contributed by atoms with Crippen molar-refractivity contribution < 1.29 is 4.79 Å². The summed E-state index contributed by atoms with van der Waals surface area (Å²) in [6.45, 7) is 4.01. The molecule has 0 saturated carbocycles. The van der Waals surface area contributed by atoms with E-state index in [4.69, 9.17) is 0 Å². The zero-order chi connectivity index (χ0) is 18.9. The number of carbonyl (C=O) groups is 1. The summed E-state index contributed by atoms with van der Waals surface area (Å²) in [5, 5.41) is 6.60. The van der Waals surface area contributed by atoms with Gasteiger partial charge in [0.25, 0.3) is 5.91 Å². The van der Waals surface area contributed by atoms with Gasteiger partial charge in [0.1, 0.15) is 0 Å². The molecular weight excluding hydrogens is 384 g/mol. The zero-order valence-corrected chi connectivity index (χ0v) is 17.4. The molecule has 0 aliphatic carbocycles. The van der Waals surface area contributed by atoms with Gasteiger partial charge in [-0.1, -0.05) is 24.3 Å². The van der Waals surface area contributed by atoms with E-state index >= 15 is 0 Å². The lowest BCUT2D eigenvalue weighted by molar-refractivity contribution is 0.0615. The van der Waals surface area contributed by atoms with Crippen molar-refractivity contribution >= 4 is 28.6 Å². The molecule has 0 unspecified atom stereocenters. The maximum absolute atomic E-state index is 13.3. The van der Waals surface area contributed by atoms with E-state index in [-0.39, 0.29) is 5.91 Å². The highest BCUT2D eigenvalue weighted by Gasteiger charge is 2.47. The van der Waals surface area contributed by atoms with Gasteiger partial charge in [-0.15, -0.1) is 11.3 Å². The summed E-state index contributed by atoms with van der Waals surface area (Å²) in [6, 6.07) is 16.7. The fourth-order valence-corrected chi connectivity index (χ4v) is 6.36. The number of piperidine rings is 1. The molecule has 5 rings (SSSR count). The molecule has 3 nitrogen and oxygen atoms in total. The molecule has 2 fully saturated rings. The third-order valence-electron chi connectivity index (χ3n) is 6.23. The first-order valence-corrected chi connectivity index (χ1v) is 11.7. The summed E-state index contributed by atoms with van der Waals surface area (Å²) in [6.07, 6.45) is 1.06. The number of fused-ring (bicyclic) bond motifs is 1. The summed E-state index contributed by atoms with van der Waals surface area (Å²) in [5.74, 6) is 1.14. The van der Waals surface area contributed by atoms with Gasteiger partial charge in [-0.25, -0.2) is 0 Å². The average molecular weight is 409 g/mol. The number of rotatable bonds is 4. The topological polar surface area (TPSA) is 23.6 Å². The van der Waals surface area contributed by atoms with Crippen molar-refractivity contribution in [3.8, 4) is 0 Å². The molecule has 0 spiro atoms. The lowest BCUT2D eigenvalue weighted by Crippen LogP contribution is -2.47. The zero-order valence-electron chi connectivity index (χ0n) is 15.7. The summed E-state index contributed by atoms with van der Waals surface area (Å²) in [4.78, 5) is 19.5. The first kappa shape index (κ1) is 18.1. The van der Waals surface area contributed by atoms with Gasteiger partial charge in [-0.2, -0.15) is 11.3 Å². The normalized spacial score (nSPS) is 25.0. The third kappa shape index (κ3) is 3.43. The number of benzene rings is 1. The van der Waals surface area contributed by atoms with Gasteiger partial charge in [-0.3, -0.25) is 9.69 Å². The van der Waals surface area contributed by atoms with E-state index in [0.29, 0.717) is 17.9 Å². The molecule has 1 aromatic carbocycles. The van der Waals surface area contributed by atoms with Crippen LogP contribution in [0.5, 0.6) is 0 Å². The van der Waals surface area contributed by atoms with Crippen LogP contribution in [0.4, 0.5) is 0 Å². The number of carbonyl (C=O) groups excluding carboxylic acids is 1. The Balaban J connectivity index is 1.40. The first-order valence-electron chi connectivity index (χ1n) is 9.92. The van der Waals surface area contributed by atoms with Crippen LogP contribution in [0.2, 0.25) is 0 Å². The minimum absolute atomic E-state index is 0.194. The number of hydrogen-bond donors (Lipinski definition) is 0. The van der Waals surface area contributed by atoms with Gasteiger partial charge in [0, 0.05) is 54.5 Å². The van der Waals surface area contributed by atoms with Crippen molar-refractivity contribution in [2.24, 2.45) is 5.92 Å². The molecule has 0 bridgehead atoms. The number of likely N-dealkylation sites (tertiary alicyclic amines) is 2. The van der Waals surface area contributed by atoms with Crippen molar-refractivity contribution in [2.75, 3.05) is 19.6 Å². The van der Waals surface area contributed by atoms with Crippen LogP contribution in [0, 0.1) is 5.92 Å². The van der Waals surface area contributed by atoms with E-state index in [2.05, 4.69) is 44.1 Å². The van der Waals surface area contributed by atoms with E-state index in [1.165, 1.54) is 10.4 Å². The Kier molecular flexibility index (Phi) is 5.05. The lowest BCUT2D eigenvalue weighted by Gasteiger charge is -2.38. The second-order valence-corrected chi connectivity index (χ2v) is 9.63. The largest absolute Gasteiger partial charge is 0.335 e. The molecule has 0 N–H and O–H groups in total. The minimum Gasteiger partial charge on any atom is -0.335 e. The standard InChI is InChI=1S/C23H24N2OS2/c26-23(17-5-2-1-3-6-17)25-15-20(18-9-12-27-16-18)21-14-24(10-8-22(21)25)13-19-7-4-11-28-19/h1-7,9,11-12,16,20-22H,8,10,13-15H2/t20-,21-,22-/m1/s1. The first-order chi connectivity index (χ1) is 13.8. The minimum atomic E-state index is 0.194. The number of thiophene rings is 2. The van der Waals surface area contributed by atoms with Crippen LogP contribution in [-0.2, 0) is 6.54 Å². The molecule has 144 valence electrons. The average Bonchev–Trinajstić information content (AvgIpc) is 3.49. The second kappa shape index (κ2) is 7.82. The van der Waals surface area contributed by atoms with Gasteiger partial charge >= 0.3 is 0 Å². The molecule has 28 heavy (non-hydrogen) atoms. The molecule has 2 aliphatic heterocycles. The fourth-order valence-electron chi connectivity index (χ4n) is 4.89. The van der Waals surface area contributed by atoms with E-state index in [0.717, 1.165) is 38.2 Å². The van der Waals surface area contributed by atoms with Crippen LogP contribution in [0.3, 0.4) is 0 Å². The highest BCUT2D eigenvalue weighted by molar-refractivity contribution is 7.09. The van der Waals surface area contributed by atoms with Gasteiger partial charge in [0.2, 0.25) is 0 Å². The Labute approximate surface area is 174 Å². The Morgan fingerprint density at radius 2 is 1.93 bits per heavy atom.